The molecule has 296 valence electrons. The van der Waals surface area contributed by atoms with E-state index in [9.17, 15) is 9.59 Å². The van der Waals surface area contributed by atoms with Crippen LogP contribution in [0, 0.1) is 11.6 Å². The van der Waals surface area contributed by atoms with E-state index in [1.807, 2.05) is 25.7 Å². The number of piperazine rings is 1. The van der Waals surface area contributed by atoms with E-state index in [1.165, 1.54) is 23.8 Å². The fourth-order valence-electron chi connectivity index (χ4n) is 6.31. The minimum absolute atomic E-state index is 0.00234. The van der Waals surface area contributed by atoms with Gasteiger partial charge in [0.15, 0.2) is 19.8 Å². The number of carbonyl (C=O) groups is 1. The first-order valence-electron chi connectivity index (χ1n) is 18.7. The van der Waals surface area contributed by atoms with Crippen LogP contribution < -0.4 is 15.3 Å². The number of nitrogens with zero attached hydrogens (tertiary/aromatic N) is 6. The molecule has 5 rings (SSSR count). The second kappa shape index (κ2) is 15.8. The quantitative estimate of drug-likeness (QED) is 0.154. The second-order valence-electron chi connectivity index (χ2n) is 16.8. The van der Waals surface area contributed by atoms with Gasteiger partial charge in [-0.3, -0.25) is 4.98 Å². The molecular weight excluding hydrogens is 723 g/mol. The third kappa shape index (κ3) is 8.75. The molecular formula is C41H54F2N6O5Si. The Morgan fingerprint density at radius 1 is 1.05 bits per heavy atom. The summed E-state index contributed by atoms with van der Waals surface area (Å²) in [4.78, 5) is 44.7. The topological polar surface area (TPSA) is 112 Å². The third-order valence-electron chi connectivity index (χ3n) is 10.2. The van der Waals surface area contributed by atoms with Gasteiger partial charge in [0.1, 0.15) is 34.4 Å². The number of hydrogen-bond donors (Lipinski definition) is 0. The van der Waals surface area contributed by atoms with E-state index >= 15 is 8.78 Å². The van der Waals surface area contributed by atoms with Crippen LogP contribution in [0.5, 0.6) is 5.75 Å². The fraction of sp³-hybridized carbons (Fsp3) is 0.488. The molecule has 4 aromatic rings. The molecule has 0 N–H and O–H groups in total. The van der Waals surface area contributed by atoms with Gasteiger partial charge >= 0.3 is 11.8 Å². The van der Waals surface area contributed by atoms with Gasteiger partial charge in [0, 0.05) is 43.5 Å². The van der Waals surface area contributed by atoms with Gasteiger partial charge in [-0.1, -0.05) is 58.9 Å². The molecule has 3 aromatic heterocycles. The van der Waals surface area contributed by atoms with E-state index in [-0.39, 0.29) is 64.7 Å². The van der Waals surface area contributed by atoms with Crippen molar-refractivity contribution in [3.63, 3.8) is 0 Å². The number of ether oxygens (including phenoxy) is 2. The minimum atomic E-state index is -2.06. The van der Waals surface area contributed by atoms with E-state index in [2.05, 4.69) is 43.8 Å². The number of fused-ring (bicyclic) bond motifs is 1. The van der Waals surface area contributed by atoms with E-state index in [1.54, 1.807) is 62.2 Å². The molecule has 4 heterocycles. The molecule has 1 atom stereocenters. The number of halogens is 2. The predicted octanol–water partition coefficient (Wildman–Crippen LogP) is 8.73. The van der Waals surface area contributed by atoms with Crippen molar-refractivity contribution in [2.75, 3.05) is 38.3 Å². The SMILES string of the molecule is COc1ccnc(C(C)C)c1-n1c(=O)nc(N2CCN(C(=O)OC(C)(C)C)CC2C)c2cc(F)c(-c3c(F)cccc3/C=C/CO[Si](C)(C)C(C)(C)C)nc21. The van der Waals surface area contributed by atoms with Crippen molar-refractivity contribution in [2.24, 2.45) is 0 Å². The summed E-state index contributed by atoms with van der Waals surface area (Å²) >= 11 is 0. The molecule has 0 bridgehead atoms. The lowest BCUT2D eigenvalue weighted by Gasteiger charge is -2.41. The molecule has 1 aromatic carbocycles. The average Bonchev–Trinajstić information content (AvgIpc) is 3.08. The number of benzene rings is 1. The summed E-state index contributed by atoms with van der Waals surface area (Å²) in [7, 11) is -0.579. The van der Waals surface area contributed by atoms with Crippen molar-refractivity contribution in [2.45, 2.75) is 98.0 Å². The third-order valence-corrected chi connectivity index (χ3v) is 14.7. The normalized spacial score (nSPS) is 15.7. The first-order chi connectivity index (χ1) is 25.6. The average molecular weight is 777 g/mol. The largest absolute Gasteiger partial charge is 0.494 e. The van der Waals surface area contributed by atoms with Gasteiger partial charge < -0.3 is 23.7 Å². The van der Waals surface area contributed by atoms with Crippen molar-refractivity contribution in [3.8, 4) is 22.7 Å². The minimum Gasteiger partial charge on any atom is -0.494 e. The Kier molecular flexibility index (Phi) is 11.9. The van der Waals surface area contributed by atoms with Crippen molar-refractivity contribution in [1.29, 1.82) is 0 Å². The van der Waals surface area contributed by atoms with Crippen molar-refractivity contribution in [1.82, 2.24) is 24.4 Å². The summed E-state index contributed by atoms with van der Waals surface area (Å²) in [5, 5.41) is 0.220. The van der Waals surface area contributed by atoms with Crippen LogP contribution in [0.4, 0.5) is 19.4 Å². The first-order valence-corrected chi connectivity index (χ1v) is 21.6. The van der Waals surface area contributed by atoms with E-state index < -0.39 is 37.3 Å². The summed E-state index contributed by atoms with van der Waals surface area (Å²) < 4.78 is 51.6. The maximum atomic E-state index is 16.7. The second-order valence-corrected chi connectivity index (χ2v) is 21.6. The molecule has 0 saturated carbocycles. The van der Waals surface area contributed by atoms with Gasteiger partial charge in [-0.2, -0.15) is 4.98 Å². The molecule has 1 fully saturated rings. The standard InChI is InChI=1S/C41H54F2N6O5Si/c1-25(2)33-35(31(52-10)18-19-44-33)49-37-28(36(46-38(49)50)48-21-20-47(24-26(48)3)39(51)54-40(4,5)6)23-30(43)34(45-37)32-27(15-13-17-29(32)42)16-14-22-53-55(11,12)41(7,8)9/h13-19,23,25-26H,20-22,24H2,1-12H3/b16-14+. The molecule has 14 heteroatoms. The van der Waals surface area contributed by atoms with Crippen molar-refractivity contribution >= 4 is 37.3 Å². The zero-order valence-corrected chi connectivity index (χ0v) is 35.1. The Labute approximate surface area is 323 Å². The lowest BCUT2D eigenvalue weighted by Crippen LogP contribution is -2.55. The van der Waals surface area contributed by atoms with E-state index in [0.29, 0.717) is 29.3 Å². The molecule has 1 unspecified atom stereocenters. The zero-order valence-electron chi connectivity index (χ0n) is 34.1. The van der Waals surface area contributed by atoms with Crippen molar-refractivity contribution < 1.29 is 27.5 Å². The summed E-state index contributed by atoms with van der Waals surface area (Å²) in [6.45, 7) is 23.0. The summed E-state index contributed by atoms with van der Waals surface area (Å²) in [6, 6.07) is 7.03. The van der Waals surface area contributed by atoms with Crippen LogP contribution in [0.3, 0.4) is 0 Å². The molecule has 1 saturated heterocycles. The molecule has 1 amide bonds. The van der Waals surface area contributed by atoms with Gasteiger partial charge in [0.25, 0.3) is 0 Å². The molecule has 0 aliphatic carbocycles. The van der Waals surface area contributed by atoms with Crippen LogP contribution in [-0.4, -0.2) is 83.8 Å². The van der Waals surface area contributed by atoms with Crippen LogP contribution in [0.25, 0.3) is 34.1 Å². The van der Waals surface area contributed by atoms with Gasteiger partial charge in [-0.05, 0) is 69.4 Å². The molecule has 1 aliphatic heterocycles. The summed E-state index contributed by atoms with van der Waals surface area (Å²) in [6.07, 6.45) is 4.64. The predicted molar refractivity (Wildman–Crippen MR) is 216 cm³/mol. The zero-order chi connectivity index (χ0) is 40.6. The number of rotatable bonds is 9. The van der Waals surface area contributed by atoms with Gasteiger partial charge in [-0.25, -0.2) is 27.9 Å². The Morgan fingerprint density at radius 2 is 1.76 bits per heavy atom. The van der Waals surface area contributed by atoms with Crippen LogP contribution >= 0.6 is 0 Å². The van der Waals surface area contributed by atoms with Gasteiger partial charge in [0.2, 0.25) is 0 Å². The number of hydrogen-bond acceptors (Lipinski definition) is 9. The number of carbonyl (C=O) groups excluding carboxylic acids is 1. The number of amides is 1. The highest BCUT2D eigenvalue weighted by Gasteiger charge is 2.37. The first kappa shape index (κ1) is 41.5. The maximum absolute atomic E-state index is 16.7. The molecule has 11 nitrogen and oxygen atoms in total. The Balaban J connectivity index is 1.71. The van der Waals surface area contributed by atoms with E-state index in [4.69, 9.17) is 18.9 Å². The van der Waals surface area contributed by atoms with Gasteiger partial charge in [-0.15, -0.1) is 0 Å². The van der Waals surface area contributed by atoms with Crippen LogP contribution in [0.1, 0.15) is 79.5 Å². The Morgan fingerprint density at radius 3 is 2.38 bits per heavy atom. The van der Waals surface area contributed by atoms with Crippen LogP contribution in [0.15, 0.2) is 47.4 Å². The fourth-order valence-corrected chi connectivity index (χ4v) is 7.25. The van der Waals surface area contributed by atoms with Crippen molar-refractivity contribution in [3.05, 3.63) is 76.0 Å². The lowest BCUT2D eigenvalue weighted by atomic mass is 10.0. The van der Waals surface area contributed by atoms with Gasteiger partial charge in [0.05, 0.1) is 24.8 Å². The lowest BCUT2D eigenvalue weighted by molar-refractivity contribution is 0.0218. The number of methoxy groups -OCH3 is 1. The number of pyridine rings is 2. The highest BCUT2D eigenvalue weighted by Crippen LogP contribution is 2.38. The van der Waals surface area contributed by atoms with E-state index in [0.717, 1.165) is 0 Å². The highest BCUT2D eigenvalue weighted by atomic mass is 28.4. The van der Waals surface area contributed by atoms with Crippen LogP contribution in [-0.2, 0) is 9.16 Å². The molecule has 0 spiro atoms. The summed E-state index contributed by atoms with van der Waals surface area (Å²) in [5.41, 5.74) is -0.461. The smallest absolute Gasteiger partial charge is 0.410 e. The maximum Gasteiger partial charge on any atom is 0.410 e. The molecule has 1 aliphatic rings. The Hall–Kier alpha value is -4.69. The Bertz CT molecular complexity index is 2160. The number of aromatic nitrogens is 4. The summed E-state index contributed by atoms with van der Waals surface area (Å²) in [5.74, 6) is -1.13. The highest BCUT2D eigenvalue weighted by molar-refractivity contribution is 6.74. The monoisotopic (exact) mass is 776 g/mol. The van der Waals surface area contributed by atoms with Crippen LogP contribution in [0.2, 0.25) is 18.1 Å². The molecule has 0 radical (unpaired) electrons. The number of anilines is 1. The molecule has 55 heavy (non-hydrogen) atoms.